The lowest BCUT2D eigenvalue weighted by Gasteiger charge is -2.03. The molecule has 6 heteroatoms. The number of halogens is 1. The van der Waals surface area contributed by atoms with E-state index in [0.717, 1.165) is 5.56 Å². The molecule has 0 unspecified atom stereocenters. The second-order valence-electron chi connectivity index (χ2n) is 3.03. The second-order valence-corrected chi connectivity index (χ2v) is 3.44. The smallest absolute Gasteiger partial charge is 0.280 e. The number of carbonyl (C=O) groups excluding carboxylic acids is 1. The summed E-state index contributed by atoms with van der Waals surface area (Å²) in [6, 6.07) is 6.82. The van der Waals surface area contributed by atoms with Gasteiger partial charge in [0, 0.05) is 0 Å². The molecular formula is C12H15ClN4O. The van der Waals surface area contributed by atoms with Crippen molar-refractivity contribution < 1.29 is 4.79 Å². The summed E-state index contributed by atoms with van der Waals surface area (Å²) in [5.41, 5.74) is 8.50. The van der Waals surface area contributed by atoms with E-state index in [1.165, 1.54) is 0 Å². The van der Waals surface area contributed by atoms with E-state index < -0.39 is 11.6 Å². The molecule has 0 aliphatic carbocycles. The molecule has 1 rings (SSSR count). The highest BCUT2D eigenvalue weighted by molar-refractivity contribution is 6.44. The van der Waals surface area contributed by atoms with Crippen molar-refractivity contribution in [3.63, 3.8) is 0 Å². The molecule has 0 saturated heterocycles. The van der Waals surface area contributed by atoms with Gasteiger partial charge in [-0.05, 0) is 24.6 Å². The lowest BCUT2D eigenvalue weighted by Crippen LogP contribution is -2.22. The average molecular weight is 267 g/mol. The van der Waals surface area contributed by atoms with E-state index in [0.29, 0.717) is 10.7 Å². The van der Waals surface area contributed by atoms with Crippen molar-refractivity contribution in [1.29, 1.82) is 5.26 Å². The average Bonchev–Trinajstić information content (AvgIpc) is 2.34. The van der Waals surface area contributed by atoms with Crippen molar-refractivity contribution in [1.82, 2.24) is 0 Å². The maximum atomic E-state index is 10.7. The summed E-state index contributed by atoms with van der Waals surface area (Å²) in [7, 11) is 0. The first-order chi connectivity index (χ1) is 8.54. The van der Waals surface area contributed by atoms with Crippen molar-refractivity contribution >= 4 is 28.9 Å². The number of nitrogens with two attached hydrogens (primary N) is 1. The minimum absolute atomic E-state index is 0.406. The van der Waals surface area contributed by atoms with E-state index in [1.807, 2.05) is 26.8 Å². The molecule has 0 aliphatic rings. The van der Waals surface area contributed by atoms with Crippen LogP contribution in [0.2, 0.25) is 5.02 Å². The van der Waals surface area contributed by atoms with Gasteiger partial charge in [0.25, 0.3) is 5.91 Å². The number of hydrazone groups is 1. The highest BCUT2D eigenvalue weighted by Gasteiger charge is 2.05. The normalized spacial score (nSPS) is 9.83. The Bertz CT molecular complexity index is 491. The van der Waals surface area contributed by atoms with E-state index in [2.05, 4.69) is 10.5 Å². The van der Waals surface area contributed by atoms with Gasteiger partial charge in [0.2, 0.25) is 5.71 Å². The van der Waals surface area contributed by atoms with Crippen LogP contribution in [0, 0.1) is 18.3 Å². The van der Waals surface area contributed by atoms with Crippen LogP contribution in [0.25, 0.3) is 0 Å². The zero-order chi connectivity index (χ0) is 14.1. The monoisotopic (exact) mass is 266 g/mol. The fourth-order valence-electron chi connectivity index (χ4n) is 0.962. The fraction of sp³-hybridized carbons (Fsp3) is 0.250. The van der Waals surface area contributed by atoms with E-state index in [1.54, 1.807) is 18.2 Å². The first-order valence-electron chi connectivity index (χ1n) is 5.34. The minimum atomic E-state index is -0.891. The third-order valence-corrected chi connectivity index (χ3v) is 2.06. The van der Waals surface area contributed by atoms with E-state index >= 15 is 0 Å². The molecule has 0 heterocycles. The number of carbonyl (C=O) groups is 1. The number of hydrogen-bond donors (Lipinski definition) is 2. The third-order valence-electron chi connectivity index (χ3n) is 1.75. The molecule has 0 saturated carbocycles. The molecule has 1 amide bonds. The van der Waals surface area contributed by atoms with Crippen molar-refractivity contribution in [3.8, 4) is 6.07 Å². The highest BCUT2D eigenvalue weighted by Crippen LogP contribution is 2.22. The van der Waals surface area contributed by atoms with Gasteiger partial charge < -0.3 is 5.73 Å². The van der Waals surface area contributed by atoms with Gasteiger partial charge >= 0.3 is 0 Å². The first kappa shape index (κ1) is 15.9. The topological polar surface area (TPSA) is 91.3 Å². The standard InChI is InChI=1S/C10H9ClN4O.C2H6/c1-6-2-3-8(7(11)4-6)14-15-9(5-12)10(13)16;1-2/h2-4,14H,1H3,(H2,13,16);1-2H3/b15-9-;. The molecule has 0 atom stereocenters. The summed E-state index contributed by atoms with van der Waals surface area (Å²) in [4.78, 5) is 10.7. The summed E-state index contributed by atoms with van der Waals surface area (Å²) in [6.45, 7) is 5.89. The molecule has 1 aromatic carbocycles. The summed E-state index contributed by atoms with van der Waals surface area (Å²) in [5, 5.41) is 12.5. The quantitative estimate of drug-likeness (QED) is 0.650. The predicted molar refractivity (Wildman–Crippen MR) is 73.4 cm³/mol. The Balaban J connectivity index is 0.00000137. The van der Waals surface area contributed by atoms with Gasteiger partial charge in [0.05, 0.1) is 10.7 Å². The van der Waals surface area contributed by atoms with E-state index in [4.69, 9.17) is 22.6 Å². The molecule has 0 bridgehead atoms. The van der Waals surface area contributed by atoms with Crippen LogP contribution in [-0.4, -0.2) is 11.6 Å². The second kappa shape index (κ2) is 8.09. The zero-order valence-corrected chi connectivity index (χ0v) is 11.2. The van der Waals surface area contributed by atoms with Gasteiger partial charge in [-0.25, -0.2) is 0 Å². The largest absolute Gasteiger partial charge is 0.364 e. The molecule has 0 spiro atoms. The summed E-state index contributed by atoms with van der Waals surface area (Å²) in [6.07, 6.45) is 0. The lowest BCUT2D eigenvalue weighted by atomic mass is 10.2. The Labute approximate surface area is 111 Å². The Kier molecular flexibility index (Phi) is 7.17. The van der Waals surface area contributed by atoms with Crippen LogP contribution in [0.15, 0.2) is 23.3 Å². The zero-order valence-electron chi connectivity index (χ0n) is 10.5. The molecule has 3 N–H and O–H groups in total. The number of rotatable bonds is 3. The predicted octanol–water partition coefficient (Wildman–Crippen LogP) is 2.45. The molecule has 96 valence electrons. The Morgan fingerprint density at radius 3 is 2.56 bits per heavy atom. The summed E-state index contributed by atoms with van der Waals surface area (Å²) < 4.78 is 0. The molecular weight excluding hydrogens is 252 g/mol. The van der Waals surface area contributed by atoms with Gasteiger partial charge in [-0.15, -0.1) is 0 Å². The van der Waals surface area contributed by atoms with Crippen molar-refractivity contribution in [2.24, 2.45) is 10.8 Å². The molecule has 0 aliphatic heterocycles. The number of amides is 1. The number of hydrogen-bond acceptors (Lipinski definition) is 4. The first-order valence-corrected chi connectivity index (χ1v) is 5.72. The Morgan fingerprint density at radius 1 is 1.50 bits per heavy atom. The van der Waals surface area contributed by atoms with Crippen molar-refractivity contribution in [2.45, 2.75) is 20.8 Å². The third kappa shape index (κ3) is 4.85. The highest BCUT2D eigenvalue weighted by atomic mass is 35.5. The minimum Gasteiger partial charge on any atom is -0.364 e. The van der Waals surface area contributed by atoms with Crippen LogP contribution in [0.3, 0.4) is 0 Å². The molecule has 1 aromatic rings. The maximum Gasteiger partial charge on any atom is 0.280 e. The number of primary amides is 1. The van der Waals surface area contributed by atoms with Crippen molar-refractivity contribution in [2.75, 3.05) is 5.43 Å². The fourth-order valence-corrected chi connectivity index (χ4v) is 1.24. The molecule has 0 radical (unpaired) electrons. The number of nitrogens with zero attached hydrogens (tertiary/aromatic N) is 2. The molecule has 18 heavy (non-hydrogen) atoms. The van der Waals surface area contributed by atoms with Gasteiger partial charge in [0.1, 0.15) is 6.07 Å². The van der Waals surface area contributed by atoms with Crippen molar-refractivity contribution in [3.05, 3.63) is 28.8 Å². The number of anilines is 1. The SMILES string of the molecule is CC.Cc1ccc(N/N=C(/C#N)C(N)=O)c(Cl)c1. The Morgan fingerprint density at radius 2 is 2.11 bits per heavy atom. The molecule has 0 fully saturated rings. The molecule has 0 aromatic heterocycles. The number of benzene rings is 1. The Hall–Kier alpha value is -2.06. The maximum absolute atomic E-state index is 10.7. The number of nitrogens with one attached hydrogen (secondary N) is 1. The summed E-state index contributed by atoms with van der Waals surface area (Å²) >= 11 is 5.90. The molecule has 5 nitrogen and oxygen atoms in total. The van der Waals surface area contributed by atoms with Crippen LogP contribution in [0.1, 0.15) is 19.4 Å². The van der Waals surface area contributed by atoms with Gasteiger partial charge in [0.15, 0.2) is 0 Å². The van der Waals surface area contributed by atoms with Crippen LogP contribution < -0.4 is 11.2 Å². The number of nitriles is 1. The van der Waals surface area contributed by atoms with Gasteiger partial charge in [-0.3, -0.25) is 10.2 Å². The van der Waals surface area contributed by atoms with E-state index in [9.17, 15) is 4.79 Å². The van der Waals surface area contributed by atoms with Gasteiger partial charge in [-0.1, -0.05) is 31.5 Å². The number of aryl methyl sites for hydroxylation is 1. The van der Waals surface area contributed by atoms with Crippen LogP contribution in [-0.2, 0) is 4.79 Å². The van der Waals surface area contributed by atoms with Crippen LogP contribution >= 0.6 is 11.6 Å². The summed E-state index contributed by atoms with van der Waals surface area (Å²) in [5.74, 6) is -0.891. The van der Waals surface area contributed by atoms with Crippen LogP contribution in [0.5, 0.6) is 0 Å². The van der Waals surface area contributed by atoms with Gasteiger partial charge in [-0.2, -0.15) is 10.4 Å². The lowest BCUT2D eigenvalue weighted by molar-refractivity contribution is -0.111. The van der Waals surface area contributed by atoms with E-state index in [-0.39, 0.29) is 0 Å². The van der Waals surface area contributed by atoms with Crippen LogP contribution in [0.4, 0.5) is 5.69 Å².